The van der Waals surface area contributed by atoms with E-state index in [1.54, 1.807) is 6.07 Å². The van der Waals surface area contributed by atoms with E-state index in [1.165, 1.54) is 6.07 Å². The molecule has 0 spiro atoms. The van der Waals surface area contributed by atoms with Gasteiger partial charge in [0.2, 0.25) is 0 Å². The molecule has 0 bridgehead atoms. The first-order valence-electron chi connectivity index (χ1n) is 11.2. The van der Waals surface area contributed by atoms with Crippen molar-refractivity contribution < 1.29 is 28.1 Å². The summed E-state index contributed by atoms with van der Waals surface area (Å²) in [6.07, 6.45) is -2.97. The quantitative estimate of drug-likeness (QED) is 0.302. The fourth-order valence-corrected chi connectivity index (χ4v) is 3.68. The lowest BCUT2D eigenvalue weighted by Crippen LogP contribution is -2.47. The van der Waals surface area contributed by atoms with E-state index >= 15 is 0 Å². The summed E-state index contributed by atoms with van der Waals surface area (Å²) in [5.74, 6) is -0.211. The second kappa shape index (κ2) is 12.9. The zero-order valence-corrected chi connectivity index (χ0v) is 20.1. The summed E-state index contributed by atoms with van der Waals surface area (Å²) in [5.41, 5.74) is 7.46. The van der Waals surface area contributed by atoms with Crippen LogP contribution in [0.2, 0.25) is 0 Å². The predicted molar refractivity (Wildman–Crippen MR) is 134 cm³/mol. The van der Waals surface area contributed by atoms with Gasteiger partial charge < -0.3 is 20.7 Å². The van der Waals surface area contributed by atoms with Crippen LogP contribution in [0.25, 0.3) is 11.1 Å². The molecule has 0 saturated heterocycles. The second-order valence-electron chi connectivity index (χ2n) is 8.53. The Morgan fingerprint density at radius 2 is 1.43 bits per heavy atom. The Morgan fingerprint density at radius 3 is 2.09 bits per heavy atom. The van der Waals surface area contributed by atoms with Gasteiger partial charge >= 0.3 is 6.18 Å². The molecule has 0 atom stereocenters. The van der Waals surface area contributed by atoms with Gasteiger partial charge in [-0.15, -0.1) is 12.4 Å². The summed E-state index contributed by atoms with van der Waals surface area (Å²) >= 11 is 0. The number of ether oxygens (including phenoxy) is 1. The third kappa shape index (κ3) is 8.25. The zero-order chi connectivity index (χ0) is 24.6. The molecule has 35 heavy (non-hydrogen) atoms. The SMILES string of the molecule is Cl.NC(CO)(CO)CCc1ccc(OCCCc2cccc(-c3ccccc3)c2)c(C(F)(F)F)c1. The topological polar surface area (TPSA) is 75.7 Å². The normalized spacial score (nSPS) is 11.7. The van der Waals surface area contributed by atoms with Gasteiger partial charge in [-0.25, -0.2) is 0 Å². The number of hydrogen-bond donors (Lipinski definition) is 3. The Hall–Kier alpha value is -2.58. The van der Waals surface area contributed by atoms with Crippen LogP contribution < -0.4 is 10.5 Å². The molecular formula is C27H31ClF3NO3. The van der Waals surface area contributed by atoms with Crippen LogP contribution >= 0.6 is 12.4 Å². The van der Waals surface area contributed by atoms with Crippen molar-refractivity contribution in [3.05, 3.63) is 89.5 Å². The van der Waals surface area contributed by atoms with Crippen molar-refractivity contribution in [2.24, 2.45) is 5.73 Å². The molecule has 3 rings (SSSR count). The third-order valence-electron chi connectivity index (χ3n) is 5.79. The summed E-state index contributed by atoms with van der Waals surface area (Å²) in [6, 6.07) is 22.0. The molecule has 0 aliphatic carbocycles. The van der Waals surface area contributed by atoms with Crippen LogP contribution in [0, 0.1) is 0 Å². The van der Waals surface area contributed by atoms with E-state index in [2.05, 4.69) is 6.07 Å². The highest BCUT2D eigenvalue weighted by Gasteiger charge is 2.35. The summed E-state index contributed by atoms with van der Waals surface area (Å²) in [5, 5.41) is 18.6. The van der Waals surface area contributed by atoms with Crippen LogP contribution in [-0.4, -0.2) is 35.6 Å². The van der Waals surface area contributed by atoms with Gasteiger partial charge in [0.25, 0.3) is 0 Å². The Labute approximate surface area is 210 Å². The molecule has 0 radical (unpaired) electrons. The highest BCUT2D eigenvalue weighted by atomic mass is 35.5. The minimum Gasteiger partial charge on any atom is -0.493 e. The van der Waals surface area contributed by atoms with Crippen LogP contribution in [0.1, 0.15) is 29.5 Å². The molecule has 190 valence electrons. The molecule has 0 heterocycles. The lowest BCUT2D eigenvalue weighted by Gasteiger charge is -2.24. The van der Waals surface area contributed by atoms with E-state index in [0.29, 0.717) is 18.4 Å². The van der Waals surface area contributed by atoms with E-state index in [1.807, 2.05) is 48.5 Å². The van der Waals surface area contributed by atoms with Gasteiger partial charge in [0, 0.05) is 0 Å². The zero-order valence-electron chi connectivity index (χ0n) is 19.3. The monoisotopic (exact) mass is 509 g/mol. The van der Waals surface area contributed by atoms with Crippen molar-refractivity contribution in [2.75, 3.05) is 19.8 Å². The second-order valence-corrected chi connectivity index (χ2v) is 8.53. The fraction of sp³-hybridized carbons (Fsp3) is 0.333. The van der Waals surface area contributed by atoms with Crippen molar-refractivity contribution in [3.63, 3.8) is 0 Å². The average Bonchev–Trinajstić information content (AvgIpc) is 2.85. The van der Waals surface area contributed by atoms with Gasteiger partial charge in [-0.3, -0.25) is 0 Å². The highest BCUT2D eigenvalue weighted by Crippen LogP contribution is 2.37. The standard InChI is InChI=1S/C27H30F3NO3.ClH/c28-27(29,30)24-17-21(13-14-26(31,18-32)19-33)11-12-25(24)34-15-5-7-20-6-4-10-23(16-20)22-8-2-1-3-9-22;/h1-4,6,8-12,16-17,32-33H,5,7,13-15,18-19,31H2;1H. The van der Waals surface area contributed by atoms with Gasteiger partial charge in [-0.1, -0.05) is 60.7 Å². The summed E-state index contributed by atoms with van der Waals surface area (Å²) < 4.78 is 46.4. The molecular weight excluding hydrogens is 479 g/mol. The maximum absolute atomic E-state index is 13.6. The van der Waals surface area contributed by atoms with Crippen LogP contribution in [-0.2, 0) is 19.0 Å². The number of rotatable bonds is 11. The average molecular weight is 510 g/mol. The molecule has 8 heteroatoms. The van der Waals surface area contributed by atoms with E-state index < -0.39 is 30.5 Å². The number of halogens is 4. The Balaban J connectivity index is 0.00000432. The minimum atomic E-state index is -4.57. The smallest absolute Gasteiger partial charge is 0.419 e. The maximum atomic E-state index is 13.6. The van der Waals surface area contributed by atoms with Crippen molar-refractivity contribution in [1.82, 2.24) is 0 Å². The number of alkyl halides is 3. The molecule has 3 aromatic carbocycles. The molecule has 3 aromatic rings. The lowest BCUT2D eigenvalue weighted by atomic mass is 9.93. The number of benzene rings is 3. The molecule has 0 unspecified atom stereocenters. The van der Waals surface area contributed by atoms with Gasteiger partial charge in [-0.05, 0) is 60.1 Å². The summed E-state index contributed by atoms with van der Waals surface area (Å²) in [7, 11) is 0. The Kier molecular flexibility index (Phi) is 10.6. The summed E-state index contributed by atoms with van der Waals surface area (Å²) in [6.45, 7) is -0.755. The molecule has 4 N–H and O–H groups in total. The highest BCUT2D eigenvalue weighted by molar-refractivity contribution is 5.85. The van der Waals surface area contributed by atoms with E-state index in [-0.39, 0.29) is 37.6 Å². The molecule has 0 fully saturated rings. The number of aliphatic hydroxyl groups excluding tert-OH is 2. The first-order chi connectivity index (χ1) is 16.2. The van der Waals surface area contributed by atoms with Gasteiger partial charge in [0.1, 0.15) is 5.75 Å². The van der Waals surface area contributed by atoms with Crippen LogP contribution in [0.5, 0.6) is 5.75 Å². The first-order valence-corrected chi connectivity index (χ1v) is 11.2. The Morgan fingerprint density at radius 1 is 0.771 bits per heavy atom. The Bertz CT molecular complexity index is 1060. The van der Waals surface area contributed by atoms with Crippen LogP contribution in [0.4, 0.5) is 13.2 Å². The van der Waals surface area contributed by atoms with E-state index in [9.17, 15) is 23.4 Å². The molecule has 0 aliphatic heterocycles. The van der Waals surface area contributed by atoms with Gasteiger partial charge in [0.15, 0.2) is 0 Å². The van der Waals surface area contributed by atoms with Crippen LogP contribution in [0.15, 0.2) is 72.8 Å². The van der Waals surface area contributed by atoms with Crippen LogP contribution in [0.3, 0.4) is 0 Å². The molecule has 0 aromatic heterocycles. The number of aryl methyl sites for hydroxylation is 2. The molecule has 4 nitrogen and oxygen atoms in total. The number of aliphatic hydroxyl groups is 2. The lowest BCUT2D eigenvalue weighted by molar-refractivity contribution is -0.139. The predicted octanol–water partition coefficient (Wildman–Crippen LogP) is 5.42. The molecule has 0 aliphatic rings. The summed E-state index contributed by atoms with van der Waals surface area (Å²) in [4.78, 5) is 0. The molecule has 0 amide bonds. The van der Waals surface area contributed by atoms with Gasteiger partial charge in [-0.2, -0.15) is 13.2 Å². The van der Waals surface area contributed by atoms with Crippen molar-refractivity contribution >= 4 is 12.4 Å². The van der Waals surface area contributed by atoms with Crippen molar-refractivity contribution in [2.45, 2.75) is 37.4 Å². The van der Waals surface area contributed by atoms with Crippen molar-refractivity contribution in [1.29, 1.82) is 0 Å². The first kappa shape index (κ1) is 28.7. The largest absolute Gasteiger partial charge is 0.493 e. The third-order valence-corrected chi connectivity index (χ3v) is 5.79. The maximum Gasteiger partial charge on any atom is 0.419 e. The number of hydrogen-bond acceptors (Lipinski definition) is 4. The van der Waals surface area contributed by atoms with Crippen molar-refractivity contribution in [3.8, 4) is 16.9 Å². The fourth-order valence-electron chi connectivity index (χ4n) is 3.68. The van der Waals surface area contributed by atoms with E-state index in [4.69, 9.17) is 10.5 Å². The number of nitrogens with two attached hydrogens (primary N) is 1. The molecule has 0 saturated carbocycles. The minimum absolute atomic E-state index is 0. The van der Waals surface area contributed by atoms with E-state index in [0.717, 1.165) is 22.8 Å². The van der Waals surface area contributed by atoms with Gasteiger partial charge in [0.05, 0.1) is 30.9 Å².